The summed E-state index contributed by atoms with van der Waals surface area (Å²) in [5.74, 6) is -1.68. The van der Waals surface area contributed by atoms with Crippen LogP contribution in [0.1, 0.15) is 45.4 Å². The fourth-order valence-corrected chi connectivity index (χ4v) is 5.83. The van der Waals surface area contributed by atoms with E-state index in [2.05, 4.69) is 5.32 Å². The smallest absolute Gasteiger partial charge is 0.312 e. The first-order chi connectivity index (χ1) is 16.5. The average Bonchev–Trinajstić information content (AvgIpc) is 3.47. The molecule has 0 aliphatic carbocycles. The van der Waals surface area contributed by atoms with Crippen LogP contribution in [0.2, 0.25) is 0 Å². The summed E-state index contributed by atoms with van der Waals surface area (Å²) in [4.78, 5) is 41.7. The average molecular weight is 475 g/mol. The zero-order valence-electron chi connectivity index (χ0n) is 19.8. The number of nitrogens with zero attached hydrogens (tertiary/aromatic N) is 1. The Bertz CT molecular complexity index is 905. The van der Waals surface area contributed by atoms with Gasteiger partial charge in [-0.3, -0.25) is 14.4 Å². The van der Waals surface area contributed by atoms with Gasteiger partial charge >= 0.3 is 5.97 Å². The molecule has 34 heavy (non-hydrogen) atoms. The molecule has 3 saturated heterocycles. The molecule has 1 spiro atoms. The van der Waals surface area contributed by atoms with Gasteiger partial charge in [-0.1, -0.05) is 12.8 Å². The molecule has 3 aliphatic heterocycles. The fraction of sp³-hybridized carbons (Fsp3) is 0.640. The van der Waals surface area contributed by atoms with Gasteiger partial charge in [0.15, 0.2) is 0 Å². The molecule has 0 aromatic heterocycles. The number of fused-ring (bicyclic) bond motifs is 1. The summed E-state index contributed by atoms with van der Waals surface area (Å²) in [6.07, 6.45) is 3.84. The van der Waals surface area contributed by atoms with Crippen molar-refractivity contribution in [3.8, 4) is 5.75 Å². The molecular formula is C25H34N2O7. The number of hydrogen-bond donors (Lipinski definition) is 2. The van der Waals surface area contributed by atoms with Crippen molar-refractivity contribution in [1.82, 2.24) is 4.90 Å². The van der Waals surface area contributed by atoms with E-state index >= 15 is 0 Å². The standard InChI is InChI=1S/C25H34N2O7/c1-3-33-24(31)19-18-12-13-25(34-18)20(19)23(30)27(14-6-4-5-7-15-28)21(25)22(29)26-16-8-10-17(32-2)11-9-16/h8-11,18-21,28H,3-7,12-15H2,1-2H3,(H,26,29)/t18-,19+,20+,21-,25+/m0/s1. The Morgan fingerprint density at radius 2 is 1.94 bits per heavy atom. The normalized spacial score (nSPS) is 29.3. The zero-order chi connectivity index (χ0) is 24.3. The predicted octanol–water partition coefficient (Wildman–Crippen LogP) is 2.12. The van der Waals surface area contributed by atoms with Crippen molar-refractivity contribution < 1.29 is 33.7 Å². The second-order valence-corrected chi connectivity index (χ2v) is 9.20. The molecule has 1 aromatic carbocycles. The van der Waals surface area contributed by atoms with Crippen LogP contribution in [-0.4, -0.2) is 72.4 Å². The van der Waals surface area contributed by atoms with Crippen molar-refractivity contribution >= 4 is 23.5 Å². The Kier molecular flexibility index (Phi) is 7.42. The van der Waals surface area contributed by atoms with E-state index < -0.39 is 35.6 Å². The third-order valence-electron chi connectivity index (χ3n) is 7.27. The molecule has 0 saturated carbocycles. The van der Waals surface area contributed by atoms with Crippen LogP contribution in [0.5, 0.6) is 5.75 Å². The fourth-order valence-electron chi connectivity index (χ4n) is 5.83. The van der Waals surface area contributed by atoms with Crippen molar-refractivity contribution in [3.63, 3.8) is 0 Å². The van der Waals surface area contributed by atoms with Crippen LogP contribution in [0, 0.1) is 11.8 Å². The summed E-state index contributed by atoms with van der Waals surface area (Å²) in [5, 5.41) is 12.0. The highest BCUT2D eigenvalue weighted by atomic mass is 16.6. The van der Waals surface area contributed by atoms with E-state index in [1.165, 1.54) is 0 Å². The van der Waals surface area contributed by atoms with E-state index in [0.29, 0.717) is 43.7 Å². The Balaban J connectivity index is 1.59. The number of esters is 1. The minimum absolute atomic E-state index is 0.136. The molecule has 2 amide bonds. The third kappa shape index (κ3) is 4.27. The van der Waals surface area contributed by atoms with Crippen molar-refractivity contribution in [3.05, 3.63) is 24.3 Å². The quantitative estimate of drug-likeness (QED) is 0.373. The van der Waals surface area contributed by atoms with Crippen LogP contribution in [-0.2, 0) is 23.9 Å². The first kappa shape index (κ1) is 24.5. The molecular weight excluding hydrogens is 440 g/mol. The van der Waals surface area contributed by atoms with Crippen LogP contribution in [0.3, 0.4) is 0 Å². The highest BCUT2D eigenvalue weighted by Gasteiger charge is 2.74. The number of ether oxygens (including phenoxy) is 3. The largest absolute Gasteiger partial charge is 0.497 e. The lowest BCUT2D eigenvalue weighted by molar-refractivity contribution is -0.154. The van der Waals surface area contributed by atoms with Gasteiger partial charge in [0, 0.05) is 18.8 Å². The minimum atomic E-state index is -1.03. The molecule has 186 valence electrons. The highest BCUT2D eigenvalue weighted by Crippen LogP contribution is 2.58. The van der Waals surface area contributed by atoms with Crippen LogP contribution in [0.4, 0.5) is 5.69 Å². The van der Waals surface area contributed by atoms with Gasteiger partial charge < -0.3 is 29.5 Å². The molecule has 3 fully saturated rings. The summed E-state index contributed by atoms with van der Waals surface area (Å²) in [7, 11) is 1.57. The number of aliphatic hydroxyl groups excluding tert-OH is 1. The number of carbonyl (C=O) groups is 3. The molecule has 2 N–H and O–H groups in total. The number of methoxy groups -OCH3 is 1. The molecule has 3 aliphatic rings. The second kappa shape index (κ2) is 10.3. The Morgan fingerprint density at radius 1 is 1.21 bits per heavy atom. The minimum Gasteiger partial charge on any atom is -0.497 e. The van der Waals surface area contributed by atoms with Gasteiger partial charge in [0.05, 0.1) is 31.7 Å². The second-order valence-electron chi connectivity index (χ2n) is 9.20. The zero-order valence-corrected chi connectivity index (χ0v) is 19.8. The lowest BCUT2D eigenvalue weighted by Crippen LogP contribution is -2.53. The number of rotatable bonds is 11. The van der Waals surface area contributed by atoms with Crippen LogP contribution in [0.15, 0.2) is 24.3 Å². The summed E-state index contributed by atoms with van der Waals surface area (Å²) < 4.78 is 16.8. The summed E-state index contributed by atoms with van der Waals surface area (Å²) in [6.45, 7) is 2.50. The lowest BCUT2D eigenvalue weighted by Gasteiger charge is -2.33. The van der Waals surface area contributed by atoms with Gasteiger partial charge in [-0.15, -0.1) is 0 Å². The maximum atomic E-state index is 13.7. The maximum Gasteiger partial charge on any atom is 0.312 e. The van der Waals surface area contributed by atoms with E-state index in [4.69, 9.17) is 19.3 Å². The first-order valence-electron chi connectivity index (χ1n) is 12.2. The summed E-state index contributed by atoms with van der Waals surface area (Å²) >= 11 is 0. The number of anilines is 1. The molecule has 9 nitrogen and oxygen atoms in total. The lowest BCUT2D eigenvalue weighted by atomic mass is 9.71. The topological polar surface area (TPSA) is 114 Å². The molecule has 0 unspecified atom stereocenters. The van der Waals surface area contributed by atoms with E-state index in [-0.39, 0.29) is 25.0 Å². The Hall–Kier alpha value is -2.65. The number of benzene rings is 1. The molecule has 5 atom stereocenters. The number of hydrogen-bond acceptors (Lipinski definition) is 7. The number of amides is 2. The van der Waals surface area contributed by atoms with Crippen LogP contribution in [0.25, 0.3) is 0 Å². The van der Waals surface area contributed by atoms with E-state index in [9.17, 15) is 14.4 Å². The SMILES string of the molecule is CCOC(=O)[C@@H]1[C@@H]2CC[C@]3(O2)[C@H](C(=O)Nc2ccc(OC)cc2)N(CCCCCCO)C(=O)[C@@H]13. The molecule has 9 heteroatoms. The van der Waals surface area contributed by atoms with Crippen LogP contribution >= 0.6 is 0 Å². The van der Waals surface area contributed by atoms with Gasteiger partial charge in [-0.05, 0) is 56.9 Å². The predicted molar refractivity (Wildman–Crippen MR) is 123 cm³/mol. The van der Waals surface area contributed by atoms with E-state index in [0.717, 1.165) is 12.8 Å². The van der Waals surface area contributed by atoms with Gasteiger partial charge in [-0.25, -0.2) is 0 Å². The van der Waals surface area contributed by atoms with Crippen molar-refractivity contribution in [1.29, 1.82) is 0 Å². The maximum absolute atomic E-state index is 13.7. The van der Waals surface area contributed by atoms with Gasteiger partial charge in [0.1, 0.15) is 17.4 Å². The van der Waals surface area contributed by atoms with E-state index in [1.807, 2.05) is 0 Å². The Morgan fingerprint density at radius 3 is 2.62 bits per heavy atom. The number of nitrogens with one attached hydrogen (secondary N) is 1. The molecule has 0 radical (unpaired) electrons. The molecule has 2 bridgehead atoms. The number of unbranched alkanes of at least 4 members (excludes halogenated alkanes) is 3. The van der Waals surface area contributed by atoms with Gasteiger partial charge in [0.2, 0.25) is 11.8 Å². The number of carbonyl (C=O) groups excluding carboxylic acids is 3. The van der Waals surface area contributed by atoms with E-state index in [1.54, 1.807) is 43.2 Å². The number of likely N-dealkylation sites (tertiary alicyclic amines) is 1. The first-order valence-corrected chi connectivity index (χ1v) is 12.2. The van der Waals surface area contributed by atoms with Crippen molar-refractivity contribution in [2.24, 2.45) is 11.8 Å². The third-order valence-corrected chi connectivity index (χ3v) is 7.27. The monoisotopic (exact) mass is 474 g/mol. The molecule has 3 heterocycles. The summed E-state index contributed by atoms with van der Waals surface area (Å²) in [6, 6.07) is 6.18. The highest BCUT2D eigenvalue weighted by molar-refractivity contribution is 6.03. The van der Waals surface area contributed by atoms with Gasteiger partial charge in [-0.2, -0.15) is 0 Å². The Labute approximate surface area is 199 Å². The molecule has 4 rings (SSSR count). The summed E-state index contributed by atoms with van der Waals surface area (Å²) in [5.41, 5.74) is -0.434. The van der Waals surface area contributed by atoms with Crippen LogP contribution < -0.4 is 10.1 Å². The van der Waals surface area contributed by atoms with Gasteiger partial charge in [0.25, 0.3) is 0 Å². The molecule has 1 aromatic rings. The van der Waals surface area contributed by atoms with Crippen molar-refractivity contribution in [2.45, 2.75) is 63.2 Å². The number of aliphatic hydroxyl groups is 1. The van der Waals surface area contributed by atoms with Crippen molar-refractivity contribution in [2.75, 3.05) is 32.2 Å².